The van der Waals surface area contributed by atoms with Crippen LogP contribution in [-0.2, 0) is 0 Å². The molecule has 0 spiro atoms. The molecule has 1 unspecified atom stereocenters. The lowest BCUT2D eigenvalue weighted by molar-refractivity contribution is 0.0767. The first-order valence-electron chi connectivity index (χ1n) is 10.2. The summed E-state index contributed by atoms with van der Waals surface area (Å²) < 4.78 is 1.74. The molecular weight excluding hydrogens is 366 g/mol. The van der Waals surface area contributed by atoms with Crippen LogP contribution in [0.3, 0.4) is 0 Å². The summed E-state index contributed by atoms with van der Waals surface area (Å²) >= 11 is 0. The van der Waals surface area contributed by atoms with Crippen molar-refractivity contribution in [3.05, 3.63) is 47.9 Å². The zero-order valence-corrected chi connectivity index (χ0v) is 16.6. The lowest BCUT2D eigenvalue weighted by atomic mass is 10.2. The van der Waals surface area contributed by atoms with Gasteiger partial charge >= 0.3 is 0 Å². The van der Waals surface area contributed by atoms with E-state index in [9.17, 15) is 4.79 Å². The third-order valence-electron chi connectivity index (χ3n) is 6.05. The van der Waals surface area contributed by atoms with Crippen molar-refractivity contribution in [2.75, 3.05) is 39.3 Å². The number of benzene rings is 1. The topological polar surface area (TPSA) is 79.2 Å². The Morgan fingerprint density at radius 3 is 2.90 bits per heavy atom. The fourth-order valence-electron chi connectivity index (χ4n) is 4.39. The van der Waals surface area contributed by atoms with Crippen LogP contribution in [0.15, 0.2) is 36.5 Å². The van der Waals surface area contributed by atoms with Crippen LogP contribution in [0.2, 0.25) is 0 Å². The van der Waals surface area contributed by atoms with E-state index in [1.54, 1.807) is 10.9 Å². The summed E-state index contributed by atoms with van der Waals surface area (Å²) in [5, 5.41) is 12.9. The van der Waals surface area contributed by atoms with E-state index in [2.05, 4.69) is 25.5 Å². The van der Waals surface area contributed by atoms with Gasteiger partial charge in [-0.3, -0.25) is 14.7 Å². The smallest absolute Gasteiger partial charge is 0.276 e. The third kappa shape index (κ3) is 3.38. The summed E-state index contributed by atoms with van der Waals surface area (Å²) in [6.07, 6.45) is 2.81. The van der Waals surface area contributed by atoms with Gasteiger partial charge in [0.25, 0.3) is 5.91 Å². The zero-order valence-electron chi connectivity index (χ0n) is 16.6. The van der Waals surface area contributed by atoms with Crippen molar-refractivity contribution in [2.24, 2.45) is 0 Å². The van der Waals surface area contributed by atoms with E-state index >= 15 is 0 Å². The summed E-state index contributed by atoms with van der Waals surface area (Å²) in [7, 11) is 0. The molecule has 2 aliphatic rings. The summed E-state index contributed by atoms with van der Waals surface area (Å²) in [6, 6.07) is 10.3. The van der Waals surface area contributed by atoms with Gasteiger partial charge in [-0.1, -0.05) is 11.3 Å². The molecule has 1 aromatic carbocycles. The Morgan fingerprint density at radius 2 is 2.03 bits per heavy atom. The van der Waals surface area contributed by atoms with Crippen LogP contribution in [0.4, 0.5) is 0 Å². The Balaban J connectivity index is 1.35. The average molecular weight is 391 g/mol. The molecule has 2 aliphatic heterocycles. The van der Waals surface area contributed by atoms with Gasteiger partial charge < -0.3 is 10.2 Å². The number of aromatic nitrogens is 4. The van der Waals surface area contributed by atoms with Crippen LogP contribution in [0.1, 0.15) is 22.6 Å². The molecule has 3 aromatic rings. The quantitative estimate of drug-likeness (QED) is 0.724. The molecule has 150 valence electrons. The van der Waals surface area contributed by atoms with Gasteiger partial charge in [0, 0.05) is 56.9 Å². The summed E-state index contributed by atoms with van der Waals surface area (Å²) in [5.74, 6) is -0.0196. The predicted molar refractivity (Wildman–Crippen MR) is 110 cm³/mol. The maximum Gasteiger partial charge on any atom is 0.276 e. The van der Waals surface area contributed by atoms with E-state index in [-0.39, 0.29) is 5.91 Å². The van der Waals surface area contributed by atoms with Crippen molar-refractivity contribution in [1.82, 2.24) is 35.1 Å². The number of carbonyl (C=O) groups is 1. The van der Waals surface area contributed by atoms with Gasteiger partial charge in [-0.15, -0.1) is 5.10 Å². The van der Waals surface area contributed by atoms with Gasteiger partial charge in [-0.05, 0) is 37.6 Å². The van der Waals surface area contributed by atoms with Crippen LogP contribution < -0.4 is 5.32 Å². The average Bonchev–Trinajstić information content (AvgIpc) is 3.41. The Bertz CT molecular complexity index is 1040. The number of pyridine rings is 1. The summed E-state index contributed by atoms with van der Waals surface area (Å²) in [4.78, 5) is 21.9. The minimum Gasteiger partial charge on any atom is -0.336 e. The maximum atomic E-state index is 13.1. The first-order valence-corrected chi connectivity index (χ1v) is 10.2. The van der Waals surface area contributed by atoms with Crippen LogP contribution >= 0.6 is 0 Å². The van der Waals surface area contributed by atoms with Crippen LogP contribution in [-0.4, -0.2) is 81.0 Å². The second-order valence-corrected chi connectivity index (χ2v) is 7.80. The van der Waals surface area contributed by atoms with Crippen LogP contribution in [0, 0.1) is 6.92 Å². The van der Waals surface area contributed by atoms with Gasteiger partial charge in [0.2, 0.25) is 0 Å². The number of hydrogen-bond acceptors (Lipinski definition) is 6. The van der Waals surface area contributed by atoms with E-state index in [1.807, 2.05) is 42.2 Å². The number of carbonyl (C=O) groups excluding carboxylic acids is 1. The normalized spacial score (nSPS) is 20.4. The Hall–Kier alpha value is -2.84. The second kappa shape index (κ2) is 7.53. The van der Waals surface area contributed by atoms with E-state index in [4.69, 9.17) is 0 Å². The number of nitrogens with one attached hydrogen (secondary N) is 1. The first kappa shape index (κ1) is 18.2. The number of amides is 1. The summed E-state index contributed by atoms with van der Waals surface area (Å²) in [6.45, 7) is 7.62. The summed E-state index contributed by atoms with van der Waals surface area (Å²) in [5.41, 5.74) is 3.03. The predicted octanol–water partition coefficient (Wildman–Crippen LogP) is 1.24. The van der Waals surface area contributed by atoms with Crippen molar-refractivity contribution in [3.8, 4) is 5.69 Å². The van der Waals surface area contributed by atoms with Crippen molar-refractivity contribution >= 4 is 16.8 Å². The molecule has 2 fully saturated rings. The monoisotopic (exact) mass is 391 g/mol. The number of rotatable bonds is 3. The van der Waals surface area contributed by atoms with Crippen molar-refractivity contribution < 1.29 is 4.79 Å². The SMILES string of the molecule is Cc1c(C(=O)N2CCC(N3CCNCC3)C2)nnn1-c1ccc2ncccc2c1. The number of fused-ring (bicyclic) bond motifs is 1. The molecule has 0 saturated carbocycles. The minimum atomic E-state index is -0.0196. The lowest BCUT2D eigenvalue weighted by Gasteiger charge is -2.32. The largest absolute Gasteiger partial charge is 0.336 e. The van der Waals surface area contributed by atoms with Crippen molar-refractivity contribution in [2.45, 2.75) is 19.4 Å². The molecule has 2 aromatic heterocycles. The molecule has 2 saturated heterocycles. The first-order chi connectivity index (χ1) is 14.2. The molecule has 1 N–H and O–H groups in total. The van der Waals surface area contributed by atoms with Gasteiger partial charge in [0.05, 0.1) is 16.9 Å². The Kier molecular flexibility index (Phi) is 4.73. The molecule has 1 atom stereocenters. The van der Waals surface area contributed by atoms with Gasteiger partial charge in [-0.2, -0.15) is 0 Å². The minimum absolute atomic E-state index is 0.0196. The number of hydrogen-bond donors (Lipinski definition) is 1. The second-order valence-electron chi connectivity index (χ2n) is 7.80. The van der Waals surface area contributed by atoms with E-state index in [0.29, 0.717) is 11.7 Å². The molecule has 8 nitrogen and oxygen atoms in total. The van der Waals surface area contributed by atoms with Crippen molar-refractivity contribution in [1.29, 1.82) is 0 Å². The molecule has 4 heterocycles. The standard InChI is InChI=1S/C21H25N7O/c1-15-20(21(29)27-10-6-18(14-27)26-11-8-22-9-12-26)24-25-28(15)17-4-5-19-16(13-17)3-2-7-23-19/h2-5,7,13,18,22H,6,8-12,14H2,1H3. The van der Waals surface area contributed by atoms with E-state index in [0.717, 1.165) is 68.0 Å². The molecular formula is C21H25N7O. The Morgan fingerprint density at radius 1 is 1.17 bits per heavy atom. The highest BCUT2D eigenvalue weighted by atomic mass is 16.2. The fourth-order valence-corrected chi connectivity index (χ4v) is 4.39. The highest BCUT2D eigenvalue weighted by Crippen LogP contribution is 2.21. The van der Waals surface area contributed by atoms with Gasteiger partial charge in [0.1, 0.15) is 0 Å². The van der Waals surface area contributed by atoms with Crippen LogP contribution in [0.5, 0.6) is 0 Å². The zero-order chi connectivity index (χ0) is 19.8. The van der Waals surface area contributed by atoms with Gasteiger partial charge in [-0.25, -0.2) is 4.68 Å². The lowest BCUT2D eigenvalue weighted by Crippen LogP contribution is -2.49. The number of piperazine rings is 1. The van der Waals surface area contributed by atoms with Gasteiger partial charge in [0.15, 0.2) is 5.69 Å². The fraction of sp³-hybridized carbons (Fsp3) is 0.429. The number of nitrogens with zero attached hydrogens (tertiary/aromatic N) is 6. The molecule has 1 amide bonds. The van der Waals surface area contributed by atoms with E-state index < -0.39 is 0 Å². The molecule has 0 bridgehead atoms. The highest BCUT2D eigenvalue weighted by Gasteiger charge is 2.33. The molecule has 0 radical (unpaired) electrons. The highest BCUT2D eigenvalue weighted by molar-refractivity contribution is 5.93. The molecule has 29 heavy (non-hydrogen) atoms. The third-order valence-corrected chi connectivity index (χ3v) is 6.05. The number of likely N-dealkylation sites (tertiary alicyclic amines) is 1. The van der Waals surface area contributed by atoms with E-state index in [1.165, 1.54) is 0 Å². The molecule has 5 rings (SSSR count). The Labute approximate surface area is 169 Å². The van der Waals surface area contributed by atoms with Crippen molar-refractivity contribution in [3.63, 3.8) is 0 Å². The molecule has 0 aliphatic carbocycles. The molecule has 8 heteroatoms. The van der Waals surface area contributed by atoms with Crippen LogP contribution in [0.25, 0.3) is 16.6 Å². The maximum absolute atomic E-state index is 13.1.